The highest BCUT2D eigenvalue weighted by Crippen LogP contribution is 2.34. The van der Waals surface area contributed by atoms with Crippen LogP contribution in [0.1, 0.15) is 25.7 Å². The first-order valence-corrected chi connectivity index (χ1v) is 5.85. The van der Waals surface area contributed by atoms with Gasteiger partial charge in [0, 0.05) is 12.2 Å². The minimum Gasteiger partial charge on any atom is -0.357 e. The van der Waals surface area contributed by atoms with Crippen LogP contribution in [0.2, 0.25) is 0 Å². The summed E-state index contributed by atoms with van der Waals surface area (Å²) in [5, 5.41) is 2.87. The second-order valence-electron chi connectivity index (χ2n) is 4.51. The minimum absolute atomic E-state index is 0.0763. The third-order valence-corrected chi connectivity index (χ3v) is 3.46. The minimum atomic E-state index is 0.0763. The van der Waals surface area contributed by atoms with E-state index in [0.29, 0.717) is 12.6 Å². The highest BCUT2D eigenvalue weighted by Gasteiger charge is 2.29. The topological polar surface area (TPSA) is 45.2 Å². The van der Waals surface area contributed by atoms with Gasteiger partial charge in [0.25, 0.3) is 0 Å². The number of carbonyl (C=O) groups excluding carboxylic acids is 1. The van der Waals surface area contributed by atoms with Crippen LogP contribution in [0.4, 0.5) is 11.4 Å². The normalized spacial score (nSPS) is 20.8. The number of fused-ring (bicyclic) bond motifs is 1. The molecule has 0 aromatic carbocycles. The van der Waals surface area contributed by atoms with Crippen molar-refractivity contribution in [2.45, 2.75) is 31.7 Å². The van der Waals surface area contributed by atoms with Crippen molar-refractivity contribution in [3.63, 3.8) is 0 Å². The van der Waals surface area contributed by atoms with E-state index in [1.807, 2.05) is 6.07 Å². The van der Waals surface area contributed by atoms with Gasteiger partial charge in [0.1, 0.15) is 0 Å². The monoisotopic (exact) mass is 217 g/mol. The van der Waals surface area contributed by atoms with Crippen molar-refractivity contribution in [3.05, 3.63) is 18.5 Å². The number of aromatic nitrogens is 1. The van der Waals surface area contributed by atoms with Crippen molar-refractivity contribution in [1.82, 2.24) is 4.98 Å². The second kappa shape index (κ2) is 3.77. The van der Waals surface area contributed by atoms with Crippen molar-refractivity contribution in [2.24, 2.45) is 0 Å². The van der Waals surface area contributed by atoms with E-state index in [1.165, 1.54) is 25.7 Å². The maximum absolute atomic E-state index is 11.6. The molecule has 0 radical (unpaired) electrons. The Kier molecular flexibility index (Phi) is 2.27. The van der Waals surface area contributed by atoms with Gasteiger partial charge in [0.2, 0.25) is 5.91 Å². The van der Waals surface area contributed by atoms with Gasteiger partial charge < -0.3 is 10.2 Å². The van der Waals surface area contributed by atoms with E-state index < -0.39 is 0 Å². The van der Waals surface area contributed by atoms with Crippen molar-refractivity contribution >= 4 is 17.3 Å². The molecule has 4 nitrogen and oxygen atoms in total. The maximum atomic E-state index is 11.6. The van der Waals surface area contributed by atoms with Crippen molar-refractivity contribution in [2.75, 3.05) is 16.8 Å². The second-order valence-corrected chi connectivity index (χ2v) is 4.51. The van der Waals surface area contributed by atoms with Crippen molar-refractivity contribution < 1.29 is 4.79 Å². The lowest BCUT2D eigenvalue weighted by atomic mass is 10.1. The predicted octanol–water partition coefficient (Wildman–Crippen LogP) is 1.78. The van der Waals surface area contributed by atoms with Gasteiger partial charge in [-0.2, -0.15) is 0 Å². The number of hydrogen-bond acceptors (Lipinski definition) is 3. The number of amides is 1. The molecule has 1 aromatic rings. The van der Waals surface area contributed by atoms with E-state index in [0.717, 1.165) is 11.4 Å². The number of hydrogen-bond donors (Lipinski definition) is 1. The molecule has 1 N–H and O–H groups in total. The van der Waals surface area contributed by atoms with E-state index in [9.17, 15) is 4.79 Å². The molecule has 1 aromatic heterocycles. The fourth-order valence-electron chi connectivity index (χ4n) is 2.71. The van der Waals surface area contributed by atoms with Crippen LogP contribution in [0.15, 0.2) is 18.5 Å². The summed E-state index contributed by atoms with van der Waals surface area (Å²) < 4.78 is 0. The summed E-state index contributed by atoms with van der Waals surface area (Å²) in [5.41, 5.74) is 1.98. The highest BCUT2D eigenvalue weighted by molar-refractivity contribution is 6.00. The average molecular weight is 217 g/mol. The van der Waals surface area contributed by atoms with Crippen LogP contribution in [0, 0.1) is 0 Å². The third-order valence-electron chi connectivity index (χ3n) is 3.46. The van der Waals surface area contributed by atoms with Crippen molar-refractivity contribution in [1.29, 1.82) is 0 Å². The molecule has 0 saturated heterocycles. The zero-order valence-electron chi connectivity index (χ0n) is 9.15. The summed E-state index contributed by atoms with van der Waals surface area (Å²) in [4.78, 5) is 17.9. The van der Waals surface area contributed by atoms with Crippen LogP contribution in [0.5, 0.6) is 0 Å². The first-order valence-electron chi connectivity index (χ1n) is 5.85. The Balaban J connectivity index is 1.96. The van der Waals surface area contributed by atoms with Gasteiger partial charge in [-0.05, 0) is 18.9 Å². The number of nitrogens with one attached hydrogen (secondary N) is 1. The molecular formula is C12H15N3O. The SMILES string of the molecule is O=C1CN(C2CCCC2)c2ccncc2N1. The molecule has 2 aliphatic rings. The molecule has 1 aliphatic carbocycles. The molecule has 0 bridgehead atoms. The lowest BCUT2D eigenvalue weighted by molar-refractivity contribution is -0.115. The van der Waals surface area contributed by atoms with E-state index in [-0.39, 0.29) is 5.91 Å². The van der Waals surface area contributed by atoms with Crippen LogP contribution in [-0.2, 0) is 4.79 Å². The van der Waals surface area contributed by atoms with Gasteiger partial charge in [0.15, 0.2) is 0 Å². The number of carbonyl (C=O) groups is 1. The Labute approximate surface area is 94.7 Å². The van der Waals surface area contributed by atoms with Crippen molar-refractivity contribution in [3.8, 4) is 0 Å². The number of pyridine rings is 1. The fourth-order valence-corrected chi connectivity index (χ4v) is 2.71. The zero-order chi connectivity index (χ0) is 11.0. The molecule has 1 amide bonds. The quantitative estimate of drug-likeness (QED) is 0.780. The van der Waals surface area contributed by atoms with Crippen LogP contribution in [0.3, 0.4) is 0 Å². The molecule has 0 unspecified atom stereocenters. The van der Waals surface area contributed by atoms with Crippen LogP contribution < -0.4 is 10.2 Å². The average Bonchev–Trinajstić information content (AvgIpc) is 2.81. The first-order chi connectivity index (χ1) is 7.84. The summed E-state index contributed by atoms with van der Waals surface area (Å²) in [6, 6.07) is 2.53. The molecule has 2 heterocycles. The molecule has 16 heavy (non-hydrogen) atoms. The van der Waals surface area contributed by atoms with E-state index >= 15 is 0 Å². The van der Waals surface area contributed by atoms with Gasteiger partial charge in [0.05, 0.1) is 24.1 Å². The van der Waals surface area contributed by atoms with Crippen LogP contribution in [-0.4, -0.2) is 23.5 Å². The summed E-state index contributed by atoms with van der Waals surface area (Å²) in [6.45, 7) is 0.488. The predicted molar refractivity (Wildman–Crippen MR) is 62.5 cm³/mol. The Morgan fingerprint density at radius 3 is 3.00 bits per heavy atom. The van der Waals surface area contributed by atoms with E-state index in [2.05, 4.69) is 15.2 Å². The molecule has 1 aliphatic heterocycles. The summed E-state index contributed by atoms with van der Waals surface area (Å²) in [6.07, 6.45) is 8.49. The highest BCUT2D eigenvalue weighted by atomic mass is 16.2. The third kappa shape index (κ3) is 1.54. The summed E-state index contributed by atoms with van der Waals surface area (Å²) in [7, 11) is 0. The van der Waals surface area contributed by atoms with Gasteiger partial charge in [-0.15, -0.1) is 0 Å². The van der Waals surface area contributed by atoms with Crippen LogP contribution in [0.25, 0.3) is 0 Å². The molecule has 0 spiro atoms. The van der Waals surface area contributed by atoms with Gasteiger partial charge in [-0.25, -0.2) is 0 Å². The summed E-state index contributed by atoms with van der Waals surface area (Å²) in [5.74, 6) is 0.0763. The molecular weight excluding hydrogens is 202 g/mol. The Morgan fingerprint density at radius 1 is 1.38 bits per heavy atom. The molecule has 1 saturated carbocycles. The number of anilines is 2. The van der Waals surface area contributed by atoms with E-state index in [1.54, 1.807) is 12.4 Å². The van der Waals surface area contributed by atoms with Crippen LogP contribution >= 0.6 is 0 Å². The molecule has 0 atom stereocenters. The smallest absolute Gasteiger partial charge is 0.244 e. The zero-order valence-corrected chi connectivity index (χ0v) is 9.15. The Hall–Kier alpha value is -1.58. The lowest BCUT2D eigenvalue weighted by Crippen LogP contribution is -2.43. The number of rotatable bonds is 1. The van der Waals surface area contributed by atoms with Gasteiger partial charge in [-0.3, -0.25) is 9.78 Å². The standard InChI is InChI=1S/C12H15N3O/c16-12-8-15(9-3-1-2-4-9)11-5-6-13-7-10(11)14-12/h5-7,9H,1-4,8H2,(H,14,16). The van der Waals surface area contributed by atoms with Gasteiger partial charge in [-0.1, -0.05) is 12.8 Å². The van der Waals surface area contributed by atoms with Gasteiger partial charge >= 0.3 is 0 Å². The summed E-state index contributed by atoms with van der Waals surface area (Å²) >= 11 is 0. The fraction of sp³-hybridized carbons (Fsp3) is 0.500. The Bertz CT molecular complexity index is 412. The molecule has 4 heteroatoms. The first kappa shape index (κ1) is 9.63. The van der Waals surface area contributed by atoms with E-state index in [4.69, 9.17) is 0 Å². The maximum Gasteiger partial charge on any atom is 0.244 e. The molecule has 3 rings (SSSR count). The largest absolute Gasteiger partial charge is 0.357 e. The Morgan fingerprint density at radius 2 is 2.19 bits per heavy atom. The molecule has 84 valence electrons. The number of nitrogens with zero attached hydrogens (tertiary/aromatic N) is 2. The molecule has 1 fully saturated rings. The lowest BCUT2D eigenvalue weighted by Gasteiger charge is -2.35.